The standard InChI is InChI=1S/C7H16OP/c1-2-9(8)6-4-3-5-7-9/h8H,2-7H2,1H3. The summed E-state index contributed by atoms with van der Waals surface area (Å²) in [6, 6.07) is 0. The third-order valence-electron chi connectivity index (χ3n) is 2.24. The van der Waals surface area contributed by atoms with Crippen molar-refractivity contribution >= 4 is 7.49 Å². The van der Waals surface area contributed by atoms with Crippen LogP contribution < -0.4 is 0 Å². The molecule has 0 unspecified atom stereocenters. The molecule has 1 nitrogen and oxygen atoms in total. The van der Waals surface area contributed by atoms with Gasteiger partial charge in [0, 0.05) is 0 Å². The van der Waals surface area contributed by atoms with E-state index in [1.807, 2.05) is 0 Å². The fourth-order valence-electron chi connectivity index (χ4n) is 1.42. The zero-order valence-corrected chi connectivity index (χ0v) is 7.03. The highest BCUT2D eigenvalue weighted by Gasteiger charge is 2.23. The van der Waals surface area contributed by atoms with Gasteiger partial charge in [0.25, 0.3) is 0 Å². The maximum absolute atomic E-state index is 9.79. The number of rotatable bonds is 1. The predicted molar refractivity (Wildman–Crippen MR) is 43.3 cm³/mol. The van der Waals surface area contributed by atoms with Crippen LogP contribution in [0.2, 0.25) is 0 Å². The van der Waals surface area contributed by atoms with Gasteiger partial charge >= 0.3 is 0 Å². The summed E-state index contributed by atoms with van der Waals surface area (Å²) in [7, 11) is -1.34. The Kier molecular flexibility index (Phi) is 2.49. The second-order valence-corrected chi connectivity index (χ2v) is 6.64. The van der Waals surface area contributed by atoms with Crippen LogP contribution in [0.3, 0.4) is 0 Å². The van der Waals surface area contributed by atoms with Gasteiger partial charge in [-0.1, -0.05) is 13.3 Å². The zero-order valence-electron chi connectivity index (χ0n) is 6.14. The summed E-state index contributed by atoms with van der Waals surface area (Å²) >= 11 is 0. The normalized spacial score (nSPS) is 26.0. The molecule has 2 heteroatoms. The molecule has 55 valence electrons. The van der Waals surface area contributed by atoms with Gasteiger partial charge < -0.3 is 4.89 Å². The van der Waals surface area contributed by atoms with Gasteiger partial charge in [-0.2, -0.15) is 0 Å². The van der Waals surface area contributed by atoms with Crippen LogP contribution in [-0.2, 0) is 0 Å². The predicted octanol–water partition coefficient (Wildman–Crippen LogP) is 2.12. The molecule has 0 aliphatic carbocycles. The van der Waals surface area contributed by atoms with Crippen molar-refractivity contribution < 1.29 is 4.89 Å². The summed E-state index contributed by atoms with van der Waals surface area (Å²) < 4.78 is 0. The van der Waals surface area contributed by atoms with Gasteiger partial charge in [-0.05, 0) is 38.8 Å². The van der Waals surface area contributed by atoms with E-state index in [1.165, 1.54) is 19.3 Å². The van der Waals surface area contributed by atoms with E-state index in [1.54, 1.807) is 0 Å². The average molecular weight is 147 g/mol. The van der Waals surface area contributed by atoms with Gasteiger partial charge in [-0.25, -0.2) is 0 Å². The quantitative estimate of drug-likeness (QED) is 0.563. The van der Waals surface area contributed by atoms with E-state index in [-0.39, 0.29) is 0 Å². The van der Waals surface area contributed by atoms with E-state index in [9.17, 15) is 4.89 Å². The fraction of sp³-hybridized carbons (Fsp3) is 1.00. The van der Waals surface area contributed by atoms with Crippen molar-refractivity contribution in [3.63, 3.8) is 0 Å². The summed E-state index contributed by atoms with van der Waals surface area (Å²) in [5.41, 5.74) is 0. The Bertz CT molecular complexity index is 86.9. The highest BCUT2D eigenvalue weighted by Crippen LogP contribution is 2.57. The van der Waals surface area contributed by atoms with Crippen molar-refractivity contribution in [3.8, 4) is 0 Å². The van der Waals surface area contributed by atoms with Crippen molar-refractivity contribution in [1.82, 2.24) is 0 Å². The third-order valence-corrected chi connectivity index (χ3v) is 5.71. The lowest BCUT2D eigenvalue weighted by atomic mass is 10.3. The van der Waals surface area contributed by atoms with E-state index in [2.05, 4.69) is 6.92 Å². The first kappa shape index (κ1) is 7.50. The Morgan fingerprint density at radius 1 is 1.22 bits per heavy atom. The van der Waals surface area contributed by atoms with Crippen LogP contribution in [0, 0.1) is 0 Å². The molecular weight excluding hydrogens is 131 g/mol. The molecule has 1 heterocycles. The summed E-state index contributed by atoms with van der Waals surface area (Å²) in [6.45, 7) is 2.12. The second kappa shape index (κ2) is 2.98. The number of hydrogen-bond acceptors (Lipinski definition) is 1. The molecule has 1 aliphatic heterocycles. The van der Waals surface area contributed by atoms with Crippen molar-refractivity contribution in [2.75, 3.05) is 18.5 Å². The first-order valence-electron chi connectivity index (χ1n) is 3.86. The van der Waals surface area contributed by atoms with Gasteiger partial charge in [-0.3, -0.25) is 0 Å². The van der Waals surface area contributed by atoms with Crippen LogP contribution in [0.15, 0.2) is 0 Å². The maximum atomic E-state index is 9.79. The zero-order chi connectivity index (χ0) is 6.74. The summed E-state index contributed by atoms with van der Waals surface area (Å²) in [5.74, 6) is 0. The largest absolute Gasteiger partial charge is 0.380 e. The molecule has 0 amide bonds. The Balaban J connectivity index is 2.37. The molecule has 1 fully saturated rings. The lowest BCUT2D eigenvalue weighted by Gasteiger charge is -2.32. The number of hydrogen-bond donors (Lipinski definition) is 1. The van der Waals surface area contributed by atoms with E-state index in [0.29, 0.717) is 0 Å². The van der Waals surface area contributed by atoms with Crippen LogP contribution in [0.1, 0.15) is 26.2 Å². The van der Waals surface area contributed by atoms with Crippen molar-refractivity contribution in [2.24, 2.45) is 0 Å². The van der Waals surface area contributed by atoms with E-state index in [0.717, 1.165) is 18.5 Å². The van der Waals surface area contributed by atoms with Gasteiger partial charge in [-0.15, -0.1) is 0 Å². The molecular formula is C7H16OP. The van der Waals surface area contributed by atoms with Crippen LogP contribution in [0.5, 0.6) is 0 Å². The summed E-state index contributed by atoms with van der Waals surface area (Å²) in [4.78, 5) is 9.79. The van der Waals surface area contributed by atoms with Gasteiger partial charge in [0.15, 0.2) is 0 Å². The molecule has 0 spiro atoms. The molecule has 1 saturated heterocycles. The van der Waals surface area contributed by atoms with Crippen LogP contribution in [0.4, 0.5) is 0 Å². The molecule has 1 rings (SSSR count). The topological polar surface area (TPSA) is 20.2 Å². The monoisotopic (exact) mass is 147 g/mol. The maximum Gasteiger partial charge on any atom is -0.0137 e. The van der Waals surface area contributed by atoms with Crippen LogP contribution in [0.25, 0.3) is 0 Å². The molecule has 0 atom stereocenters. The smallest absolute Gasteiger partial charge is 0.0137 e. The van der Waals surface area contributed by atoms with E-state index in [4.69, 9.17) is 0 Å². The highest BCUT2D eigenvalue weighted by atomic mass is 31.2. The molecule has 0 bridgehead atoms. The minimum atomic E-state index is -1.34. The molecule has 0 aromatic heterocycles. The Labute approximate surface area is 57.9 Å². The minimum absolute atomic E-state index is 1.05. The summed E-state index contributed by atoms with van der Waals surface area (Å²) in [6.07, 6.45) is 7.23. The highest BCUT2D eigenvalue weighted by molar-refractivity contribution is 7.70. The minimum Gasteiger partial charge on any atom is -0.380 e. The lowest BCUT2D eigenvalue weighted by molar-refractivity contribution is 0.568. The molecule has 0 saturated carbocycles. The molecule has 1 aliphatic rings. The van der Waals surface area contributed by atoms with Gasteiger partial charge in [0.2, 0.25) is 0 Å². The molecule has 0 aromatic carbocycles. The molecule has 1 N–H and O–H groups in total. The van der Waals surface area contributed by atoms with Crippen LogP contribution in [-0.4, -0.2) is 23.4 Å². The first-order chi connectivity index (χ1) is 4.27. The van der Waals surface area contributed by atoms with Crippen molar-refractivity contribution in [3.05, 3.63) is 0 Å². The third kappa shape index (κ3) is 1.91. The molecule has 9 heavy (non-hydrogen) atoms. The van der Waals surface area contributed by atoms with Crippen molar-refractivity contribution in [1.29, 1.82) is 0 Å². The SMILES string of the molecule is CC[P]1(O)CCCCC1. The first-order valence-corrected chi connectivity index (χ1v) is 6.15. The Hall–Kier alpha value is 0.390. The van der Waals surface area contributed by atoms with Crippen LogP contribution >= 0.6 is 7.49 Å². The van der Waals surface area contributed by atoms with Gasteiger partial charge in [0.1, 0.15) is 0 Å². The van der Waals surface area contributed by atoms with Gasteiger partial charge in [0.05, 0.1) is 0 Å². The fourth-order valence-corrected chi connectivity index (χ4v) is 3.90. The lowest BCUT2D eigenvalue weighted by Crippen LogP contribution is -2.10. The Morgan fingerprint density at radius 2 is 1.78 bits per heavy atom. The van der Waals surface area contributed by atoms with E-state index >= 15 is 0 Å². The van der Waals surface area contributed by atoms with E-state index < -0.39 is 7.49 Å². The summed E-state index contributed by atoms with van der Waals surface area (Å²) in [5, 5.41) is 0. The second-order valence-electron chi connectivity index (χ2n) is 2.92. The Morgan fingerprint density at radius 3 is 2.11 bits per heavy atom. The molecule has 1 radical (unpaired) electrons. The van der Waals surface area contributed by atoms with Crippen molar-refractivity contribution in [2.45, 2.75) is 26.2 Å². The molecule has 0 aromatic rings. The average Bonchev–Trinajstić information content (AvgIpc) is 1.90.